The van der Waals surface area contributed by atoms with Crippen molar-refractivity contribution in [3.05, 3.63) is 10.5 Å². The molecule has 0 fully saturated rings. The van der Waals surface area contributed by atoms with Crippen LogP contribution in [0.3, 0.4) is 0 Å². The van der Waals surface area contributed by atoms with Crippen molar-refractivity contribution in [2.45, 2.75) is 19.0 Å². The minimum Gasteiger partial charge on any atom is -0.407 e. The van der Waals surface area contributed by atoms with Gasteiger partial charge >= 0.3 is 5.69 Å². The molecule has 0 aliphatic heterocycles. The van der Waals surface area contributed by atoms with Gasteiger partial charge in [0.2, 0.25) is 5.16 Å². The van der Waals surface area contributed by atoms with Gasteiger partial charge in [-0.05, 0) is 12.7 Å². The Morgan fingerprint density at radius 3 is 2.77 bits per heavy atom. The molecule has 0 aliphatic carbocycles. The summed E-state index contributed by atoms with van der Waals surface area (Å²) in [6.07, 6.45) is 0. The van der Waals surface area contributed by atoms with Crippen molar-refractivity contribution in [2.24, 2.45) is 7.05 Å². The maximum Gasteiger partial charge on any atom is 0.379 e. The number of aryl methyl sites for hydroxylation is 1. The molecule has 0 atom stereocenters. The summed E-state index contributed by atoms with van der Waals surface area (Å²) in [6, 6.07) is 0. The molecule has 0 saturated heterocycles. The van der Waals surface area contributed by atoms with Crippen LogP contribution in [0.4, 0.5) is 0 Å². The third kappa shape index (κ3) is 2.06. The normalized spacial score (nSPS) is 10.4. The molecule has 0 bridgehead atoms. The molecule has 1 heterocycles. The molecular formula is C7H13N3O2S. The van der Waals surface area contributed by atoms with E-state index >= 15 is 0 Å². The van der Waals surface area contributed by atoms with Gasteiger partial charge in [0, 0.05) is 7.05 Å². The van der Waals surface area contributed by atoms with Crippen LogP contribution in [-0.4, -0.2) is 26.9 Å². The average Bonchev–Trinajstić information content (AvgIpc) is 2.34. The Kier molecular flexibility index (Phi) is 3.41. The van der Waals surface area contributed by atoms with Crippen LogP contribution in [-0.2, 0) is 7.05 Å². The first kappa shape index (κ1) is 10.2. The lowest BCUT2D eigenvalue weighted by Crippen LogP contribution is -2.28. The molecule has 1 aromatic heterocycles. The number of rotatable bonds is 4. The van der Waals surface area contributed by atoms with E-state index in [0.717, 1.165) is 5.75 Å². The van der Waals surface area contributed by atoms with E-state index in [-0.39, 0.29) is 5.69 Å². The highest BCUT2D eigenvalue weighted by molar-refractivity contribution is 7.99. The monoisotopic (exact) mass is 203 g/mol. The van der Waals surface area contributed by atoms with Gasteiger partial charge < -0.3 is 4.84 Å². The van der Waals surface area contributed by atoms with Gasteiger partial charge in [0.1, 0.15) is 6.61 Å². The zero-order valence-electron chi connectivity index (χ0n) is 7.98. The lowest BCUT2D eigenvalue weighted by atomic mass is 10.9. The summed E-state index contributed by atoms with van der Waals surface area (Å²) in [5, 5.41) is 4.63. The number of hydrogen-bond acceptors (Lipinski definition) is 4. The average molecular weight is 203 g/mol. The van der Waals surface area contributed by atoms with Crippen molar-refractivity contribution in [2.75, 3.05) is 12.4 Å². The standard InChI is InChI=1S/C7H13N3O2S/c1-4-12-10-6(13-5-2)8-9(3)7(10)11/h4-5H2,1-3H3. The maximum absolute atomic E-state index is 11.4. The zero-order valence-corrected chi connectivity index (χ0v) is 8.80. The summed E-state index contributed by atoms with van der Waals surface area (Å²) in [6.45, 7) is 4.29. The number of thioether (sulfide) groups is 1. The summed E-state index contributed by atoms with van der Waals surface area (Å²) < 4.78 is 2.50. The Labute approximate surface area is 80.6 Å². The zero-order chi connectivity index (χ0) is 9.84. The molecule has 0 aromatic carbocycles. The maximum atomic E-state index is 11.4. The van der Waals surface area contributed by atoms with Crippen LogP contribution in [0.25, 0.3) is 0 Å². The van der Waals surface area contributed by atoms with E-state index in [2.05, 4.69) is 5.10 Å². The van der Waals surface area contributed by atoms with Gasteiger partial charge in [-0.1, -0.05) is 18.7 Å². The summed E-state index contributed by atoms with van der Waals surface area (Å²) in [4.78, 5) is 16.5. The minimum absolute atomic E-state index is 0.238. The van der Waals surface area contributed by atoms with Crippen molar-refractivity contribution in [1.82, 2.24) is 14.5 Å². The molecular weight excluding hydrogens is 190 g/mol. The van der Waals surface area contributed by atoms with Crippen LogP contribution in [0.5, 0.6) is 0 Å². The van der Waals surface area contributed by atoms with E-state index in [1.54, 1.807) is 7.05 Å². The van der Waals surface area contributed by atoms with Gasteiger partial charge in [-0.15, -0.1) is 9.83 Å². The Hall–Kier alpha value is -0.910. The Balaban J connectivity index is 3.03. The summed E-state index contributed by atoms with van der Waals surface area (Å²) >= 11 is 1.48. The van der Waals surface area contributed by atoms with Gasteiger partial charge in [-0.2, -0.15) is 0 Å². The smallest absolute Gasteiger partial charge is 0.379 e. The van der Waals surface area contributed by atoms with E-state index in [1.165, 1.54) is 21.2 Å². The summed E-state index contributed by atoms with van der Waals surface area (Å²) in [5.41, 5.74) is -0.238. The van der Waals surface area contributed by atoms with Crippen LogP contribution < -0.4 is 10.5 Å². The number of aromatic nitrogens is 3. The highest BCUT2D eigenvalue weighted by atomic mass is 32.2. The quantitative estimate of drug-likeness (QED) is 0.653. The van der Waals surface area contributed by atoms with Crippen LogP contribution in [0.15, 0.2) is 9.95 Å². The van der Waals surface area contributed by atoms with Crippen LogP contribution >= 0.6 is 11.8 Å². The van der Waals surface area contributed by atoms with Gasteiger partial charge in [-0.3, -0.25) is 0 Å². The highest BCUT2D eigenvalue weighted by Gasteiger charge is 2.10. The number of nitrogens with zero attached hydrogens (tertiary/aromatic N) is 3. The van der Waals surface area contributed by atoms with E-state index < -0.39 is 0 Å². The fourth-order valence-electron chi connectivity index (χ4n) is 0.881. The summed E-state index contributed by atoms with van der Waals surface area (Å²) in [5.74, 6) is 0.865. The first-order valence-corrected chi connectivity index (χ1v) is 5.11. The summed E-state index contributed by atoms with van der Waals surface area (Å²) in [7, 11) is 1.61. The Morgan fingerprint density at radius 2 is 2.23 bits per heavy atom. The van der Waals surface area contributed by atoms with E-state index in [1.807, 2.05) is 13.8 Å². The molecule has 0 radical (unpaired) electrons. The van der Waals surface area contributed by atoms with Crippen molar-refractivity contribution < 1.29 is 4.84 Å². The lowest BCUT2D eigenvalue weighted by Gasteiger charge is -2.02. The lowest BCUT2D eigenvalue weighted by molar-refractivity contribution is 0.0933. The second-order valence-corrected chi connectivity index (χ2v) is 3.57. The van der Waals surface area contributed by atoms with Crippen LogP contribution in [0.2, 0.25) is 0 Å². The molecule has 1 rings (SSSR count). The highest BCUT2D eigenvalue weighted by Crippen LogP contribution is 2.10. The number of hydrogen-bond donors (Lipinski definition) is 0. The van der Waals surface area contributed by atoms with Gasteiger partial charge in [0.15, 0.2) is 0 Å². The van der Waals surface area contributed by atoms with Crippen LogP contribution in [0, 0.1) is 0 Å². The fourth-order valence-corrected chi connectivity index (χ4v) is 1.57. The van der Waals surface area contributed by atoms with Gasteiger partial charge in [0.05, 0.1) is 0 Å². The molecule has 0 aliphatic rings. The second-order valence-electron chi connectivity index (χ2n) is 2.33. The van der Waals surface area contributed by atoms with Crippen molar-refractivity contribution in [1.29, 1.82) is 0 Å². The third-order valence-corrected chi connectivity index (χ3v) is 2.19. The van der Waals surface area contributed by atoms with Gasteiger partial charge in [-0.25, -0.2) is 9.48 Å². The van der Waals surface area contributed by atoms with E-state index in [9.17, 15) is 4.79 Å². The van der Waals surface area contributed by atoms with Gasteiger partial charge in [0.25, 0.3) is 0 Å². The first-order valence-electron chi connectivity index (χ1n) is 4.12. The Bertz CT molecular complexity index is 331. The SMILES string of the molecule is CCOn1c(SCC)nn(C)c1=O. The topological polar surface area (TPSA) is 49.0 Å². The molecule has 5 nitrogen and oxygen atoms in total. The molecule has 0 saturated carbocycles. The van der Waals surface area contributed by atoms with E-state index in [0.29, 0.717) is 11.8 Å². The molecule has 0 N–H and O–H groups in total. The molecule has 6 heteroatoms. The predicted molar refractivity (Wildman–Crippen MR) is 51.0 cm³/mol. The molecule has 0 spiro atoms. The Morgan fingerprint density at radius 1 is 1.54 bits per heavy atom. The molecule has 74 valence electrons. The minimum atomic E-state index is -0.238. The third-order valence-electron chi connectivity index (χ3n) is 1.39. The fraction of sp³-hybridized carbons (Fsp3) is 0.714. The van der Waals surface area contributed by atoms with Crippen molar-refractivity contribution in [3.63, 3.8) is 0 Å². The largest absolute Gasteiger partial charge is 0.407 e. The van der Waals surface area contributed by atoms with Crippen molar-refractivity contribution >= 4 is 11.8 Å². The van der Waals surface area contributed by atoms with Crippen LogP contribution in [0.1, 0.15) is 13.8 Å². The predicted octanol–water partition coefficient (Wildman–Crippen LogP) is 0.142. The van der Waals surface area contributed by atoms with Crippen molar-refractivity contribution in [3.8, 4) is 0 Å². The first-order chi connectivity index (χ1) is 6.20. The van der Waals surface area contributed by atoms with E-state index in [4.69, 9.17) is 4.84 Å². The molecule has 0 amide bonds. The molecule has 1 aromatic rings. The molecule has 0 unspecified atom stereocenters. The molecule has 13 heavy (non-hydrogen) atoms. The second kappa shape index (κ2) is 4.36.